The highest BCUT2D eigenvalue weighted by molar-refractivity contribution is 6.14. The lowest BCUT2D eigenvalue weighted by Crippen LogP contribution is -1.84. The van der Waals surface area contributed by atoms with E-state index in [2.05, 4.69) is 15.0 Å². The van der Waals surface area contributed by atoms with Gasteiger partial charge in [0.05, 0.1) is 0 Å². The molecular formula is C11H9N3. The van der Waals surface area contributed by atoms with Crippen LogP contribution < -0.4 is 0 Å². The molecule has 0 amide bonds. The van der Waals surface area contributed by atoms with Gasteiger partial charge >= 0.3 is 0 Å². The van der Waals surface area contributed by atoms with Gasteiger partial charge in [-0.05, 0) is 24.3 Å². The molecular weight excluding hydrogens is 174 g/mol. The van der Waals surface area contributed by atoms with E-state index in [1.165, 1.54) is 0 Å². The molecule has 3 rings (SSSR count). The number of rotatable bonds is 0. The van der Waals surface area contributed by atoms with Crippen LogP contribution in [0.1, 0.15) is 0 Å². The first-order chi connectivity index (χ1) is 6.97. The van der Waals surface area contributed by atoms with E-state index in [0.717, 1.165) is 11.4 Å². The number of hydrogen-bond donors (Lipinski definition) is 0. The van der Waals surface area contributed by atoms with Crippen molar-refractivity contribution in [1.82, 2.24) is 4.98 Å². The Morgan fingerprint density at radius 3 is 2.43 bits per heavy atom. The van der Waals surface area contributed by atoms with E-state index in [-0.39, 0.29) is 0 Å². The largest absolute Gasteiger partial charge is 0.265 e. The third kappa shape index (κ3) is 2.01. The number of allylic oxidation sites excluding steroid dienone is 1. The van der Waals surface area contributed by atoms with Crippen molar-refractivity contribution in [3.63, 3.8) is 0 Å². The number of fused-ring (bicyclic) bond motifs is 1. The van der Waals surface area contributed by atoms with Gasteiger partial charge in [-0.15, -0.1) is 0 Å². The molecule has 0 bridgehead atoms. The molecule has 3 heteroatoms. The highest BCUT2D eigenvalue weighted by Crippen LogP contribution is 2.12. The van der Waals surface area contributed by atoms with Gasteiger partial charge < -0.3 is 0 Å². The SMILES string of the molecule is C1=CC2=CC=NC2=N1.c1ccncc1. The predicted molar refractivity (Wildman–Crippen MR) is 57.4 cm³/mol. The van der Waals surface area contributed by atoms with E-state index in [1.54, 1.807) is 24.8 Å². The summed E-state index contributed by atoms with van der Waals surface area (Å²) in [4.78, 5) is 11.7. The van der Waals surface area contributed by atoms with Crippen molar-refractivity contribution in [3.8, 4) is 0 Å². The molecule has 0 saturated carbocycles. The molecule has 3 heterocycles. The Morgan fingerprint density at radius 2 is 1.86 bits per heavy atom. The Kier molecular flexibility index (Phi) is 2.62. The lowest BCUT2D eigenvalue weighted by Gasteiger charge is -1.81. The monoisotopic (exact) mass is 183 g/mol. The van der Waals surface area contributed by atoms with Crippen LogP contribution in [-0.2, 0) is 0 Å². The fourth-order valence-corrected chi connectivity index (χ4v) is 1.08. The van der Waals surface area contributed by atoms with E-state index in [1.807, 2.05) is 30.4 Å². The van der Waals surface area contributed by atoms with Gasteiger partial charge in [0.2, 0.25) is 0 Å². The summed E-state index contributed by atoms with van der Waals surface area (Å²) in [6.45, 7) is 0. The van der Waals surface area contributed by atoms with Crippen LogP contribution in [0.4, 0.5) is 0 Å². The Morgan fingerprint density at radius 1 is 1.00 bits per heavy atom. The zero-order valence-corrected chi connectivity index (χ0v) is 7.54. The smallest absolute Gasteiger partial charge is 0.159 e. The summed E-state index contributed by atoms with van der Waals surface area (Å²) in [6.07, 6.45) is 10.9. The molecule has 0 fully saturated rings. The van der Waals surface area contributed by atoms with Crippen molar-refractivity contribution in [1.29, 1.82) is 0 Å². The minimum Gasteiger partial charge on any atom is -0.265 e. The molecule has 68 valence electrons. The second kappa shape index (κ2) is 4.28. The zero-order valence-electron chi connectivity index (χ0n) is 7.54. The van der Waals surface area contributed by atoms with Crippen LogP contribution in [-0.4, -0.2) is 17.0 Å². The molecule has 2 aliphatic rings. The average molecular weight is 183 g/mol. The van der Waals surface area contributed by atoms with Crippen LogP contribution in [0, 0.1) is 0 Å². The van der Waals surface area contributed by atoms with Crippen LogP contribution in [0.2, 0.25) is 0 Å². The van der Waals surface area contributed by atoms with E-state index < -0.39 is 0 Å². The van der Waals surface area contributed by atoms with Gasteiger partial charge in [-0.2, -0.15) is 0 Å². The Labute approximate surface area is 82.2 Å². The number of amidine groups is 1. The van der Waals surface area contributed by atoms with Gasteiger partial charge in [-0.1, -0.05) is 6.07 Å². The molecule has 0 N–H and O–H groups in total. The summed E-state index contributed by atoms with van der Waals surface area (Å²) in [5.41, 5.74) is 1.13. The molecule has 0 radical (unpaired) electrons. The first-order valence-electron chi connectivity index (χ1n) is 4.31. The fraction of sp³-hybridized carbons (Fsp3) is 0. The van der Waals surface area contributed by atoms with Crippen molar-refractivity contribution >= 4 is 12.1 Å². The summed E-state index contributed by atoms with van der Waals surface area (Å²) in [5.74, 6) is 0.852. The van der Waals surface area contributed by atoms with Crippen molar-refractivity contribution in [2.24, 2.45) is 9.98 Å². The molecule has 0 aromatic carbocycles. The summed E-state index contributed by atoms with van der Waals surface area (Å²) in [6, 6.07) is 5.72. The Balaban J connectivity index is 0.000000112. The maximum Gasteiger partial charge on any atom is 0.159 e. The molecule has 0 saturated heterocycles. The lowest BCUT2D eigenvalue weighted by atomic mass is 10.3. The van der Waals surface area contributed by atoms with Crippen LogP contribution in [0.15, 0.2) is 64.5 Å². The molecule has 2 aliphatic heterocycles. The van der Waals surface area contributed by atoms with E-state index in [9.17, 15) is 0 Å². The minimum atomic E-state index is 0.852. The fourth-order valence-electron chi connectivity index (χ4n) is 1.08. The first-order valence-corrected chi connectivity index (χ1v) is 4.31. The second-order valence-corrected chi connectivity index (χ2v) is 2.69. The van der Waals surface area contributed by atoms with Crippen molar-refractivity contribution < 1.29 is 0 Å². The molecule has 0 unspecified atom stereocenters. The van der Waals surface area contributed by atoms with Gasteiger partial charge in [0.15, 0.2) is 5.84 Å². The van der Waals surface area contributed by atoms with Gasteiger partial charge in [-0.3, -0.25) is 4.98 Å². The van der Waals surface area contributed by atoms with Gasteiger partial charge in [0.25, 0.3) is 0 Å². The topological polar surface area (TPSA) is 37.6 Å². The first kappa shape index (κ1) is 8.56. The van der Waals surface area contributed by atoms with Crippen LogP contribution in [0.3, 0.4) is 0 Å². The molecule has 1 aromatic rings. The summed E-state index contributed by atoms with van der Waals surface area (Å²) < 4.78 is 0. The Hall–Kier alpha value is -2.03. The predicted octanol–water partition coefficient (Wildman–Crippen LogP) is 2.00. The van der Waals surface area contributed by atoms with Gasteiger partial charge in [0, 0.05) is 30.4 Å². The maximum atomic E-state index is 3.97. The molecule has 0 atom stereocenters. The number of hydrogen-bond acceptors (Lipinski definition) is 3. The summed E-state index contributed by atoms with van der Waals surface area (Å²) in [7, 11) is 0. The normalized spacial score (nSPS) is 15.4. The third-order valence-electron chi connectivity index (χ3n) is 1.73. The van der Waals surface area contributed by atoms with Gasteiger partial charge in [-0.25, -0.2) is 9.98 Å². The quantitative estimate of drug-likeness (QED) is 0.606. The zero-order chi connectivity index (χ0) is 9.64. The van der Waals surface area contributed by atoms with E-state index >= 15 is 0 Å². The van der Waals surface area contributed by atoms with Crippen molar-refractivity contribution in [2.45, 2.75) is 0 Å². The van der Waals surface area contributed by atoms with Gasteiger partial charge in [0.1, 0.15) is 0 Å². The molecule has 14 heavy (non-hydrogen) atoms. The molecule has 0 aliphatic carbocycles. The van der Waals surface area contributed by atoms with Crippen LogP contribution >= 0.6 is 0 Å². The number of aromatic nitrogens is 1. The minimum absolute atomic E-state index is 0.852. The summed E-state index contributed by atoms with van der Waals surface area (Å²) in [5, 5.41) is 0. The number of pyridine rings is 1. The lowest BCUT2D eigenvalue weighted by molar-refractivity contribution is 1.33. The van der Waals surface area contributed by atoms with Crippen molar-refractivity contribution in [2.75, 3.05) is 0 Å². The van der Waals surface area contributed by atoms with E-state index in [4.69, 9.17) is 0 Å². The number of nitrogens with zero attached hydrogens (tertiary/aromatic N) is 3. The average Bonchev–Trinajstić information content (AvgIpc) is 2.82. The standard InChI is InChI=1S/C6H4N2.C5H5N/c1-3-7-6-5(1)2-4-8-6;1-2-4-6-5-3-1/h1-4H;1-5H. The van der Waals surface area contributed by atoms with E-state index in [0.29, 0.717) is 0 Å². The second-order valence-electron chi connectivity index (χ2n) is 2.69. The Bertz CT molecular complexity index is 361. The van der Waals surface area contributed by atoms with Crippen LogP contribution in [0.5, 0.6) is 0 Å². The van der Waals surface area contributed by atoms with Crippen molar-refractivity contribution in [3.05, 3.63) is 54.5 Å². The highest BCUT2D eigenvalue weighted by Gasteiger charge is 2.08. The molecule has 0 spiro atoms. The number of aliphatic imine (C=N–C) groups is 2. The van der Waals surface area contributed by atoms with Crippen LogP contribution in [0.25, 0.3) is 0 Å². The molecule has 1 aromatic heterocycles. The maximum absolute atomic E-state index is 3.97. The third-order valence-corrected chi connectivity index (χ3v) is 1.73. The molecule has 3 nitrogen and oxygen atoms in total. The summed E-state index contributed by atoms with van der Waals surface area (Å²) >= 11 is 0. The highest BCUT2D eigenvalue weighted by atomic mass is 14.9.